The van der Waals surface area contributed by atoms with E-state index >= 15 is 0 Å². The van der Waals surface area contributed by atoms with Crippen LogP contribution in [0.4, 0.5) is 0 Å². The molecule has 2 aromatic rings. The molecule has 3 rings (SSSR count). The Kier molecular flexibility index (Phi) is 4.08. The second-order valence-electron chi connectivity index (χ2n) is 5.58. The van der Waals surface area contributed by atoms with Crippen LogP contribution in [0.25, 0.3) is 0 Å². The topological polar surface area (TPSA) is 64.2 Å². The summed E-state index contributed by atoms with van der Waals surface area (Å²) in [7, 11) is 1.78. The highest BCUT2D eigenvalue weighted by molar-refractivity contribution is 9.10. The van der Waals surface area contributed by atoms with Crippen molar-refractivity contribution in [3.05, 3.63) is 33.4 Å². The van der Waals surface area contributed by atoms with Gasteiger partial charge in [0.15, 0.2) is 0 Å². The summed E-state index contributed by atoms with van der Waals surface area (Å²) in [4.78, 5) is 14.9. The Labute approximate surface area is 137 Å². The lowest BCUT2D eigenvalue weighted by Crippen LogP contribution is -2.32. The van der Waals surface area contributed by atoms with Gasteiger partial charge in [0.25, 0.3) is 5.91 Å². The van der Waals surface area contributed by atoms with Crippen LogP contribution in [-0.2, 0) is 13.5 Å². The van der Waals surface area contributed by atoms with Gasteiger partial charge < -0.3 is 9.42 Å². The molecule has 1 fully saturated rings. The normalized spacial score (nSPS) is 18.2. The third-order valence-electron chi connectivity index (χ3n) is 4.25. The maximum Gasteiger partial charge on any atom is 0.273 e. The van der Waals surface area contributed by atoms with Crippen LogP contribution >= 0.6 is 15.9 Å². The first-order valence-corrected chi connectivity index (χ1v) is 8.27. The lowest BCUT2D eigenvalue weighted by molar-refractivity contribution is 0.0722. The van der Waals surface area contributed by atoms with E-state index in [2.05, 4.69) is 26.2 Å². The summed E-state index contributed by atoms with van der Waals surface area (Å²) < 4.78 is 7.75. The van der Waals surface area contributed by atoms with Gasteiger partial charge >= 0.3 is 0 Å². The van der Waals surface area contributed by atoms with Crippen molar-refractivity contribution in [3.8, 4) is 0 Å². The molecule has 0 unspecified atom stereocenters. The van der Waals surface area contributed by atoms with Gasteiger partial charge in [-0.05, 0) is 35.7 Å². The molecule has 1 saturated heterocycles. The maximum absolute atomic E-state index is 13.0. The van der Waals surface area contributed by atoms with Crippen LogP contribution in [0.2, 0.25) is 0 Å². The molecule has 0 saturated carbocycles. The molecule has 0 N–H and O–H groups in total. The number of rotatable bonds is 3. The van der Waals surface area contributed by atoms with Crippen molar-refractivity contribution in [2.45, 2.75) is 39.2 Å². The number of likely N-dealkylation sites (tertiary alicyclic amines) is 1. The van der Waals surface area contributed by atoms with Crippen molar-refractivity contribution in [1.82, 2.24) is 19.8 Å². The Morgan fingerprint density at radius 3 is 2.95 bits per heavy atom. The Bertz CT molecular complexity index is 687. The van der Waals surface area contributed by atoms with Gasteiger partial charge in [-0.2, -0.15) is 5.10 Å². The number of aryl methyl sites for hydroxylation is 3. The van der Waals surface area contributed by atoms with Crippen LogP contribution in [0, 0.1) is 6.92 Å². The first-order chi connectivity index (χ1) is 10.5. The molecule has 7 heteroatoms. The fraction of sp³-hybridized carbons (Fsp3) is 0.533. The molecule has 0 aromatic carbocycles. The molecule has 118 valence electrons. The molecule has 3 heterocycles. The van der Waals surface area contributed by atoms with Crippen molar-refractivity contribution >= 4 is 21.8 Å². The van der Waals surface area contributed by atoms with Gasteiger partial charge in [-0.3, -0.25) is 9.48 Å². The average molecular weight is 367 g/mol. The summed E-state index contributed by atoms with van der Waals surface area (Å²) in [6, 6.07) is 0.0375. The highest BCUT2D eigenvalue weighted by Crippen LogP contribution is 2.37. The Balaban J connectivity index is 1.97. The molecule has 0 radical (unpaired) electrons. The summed E-state index contributed by atoms with van der Waals surface area (Å²) in [5.74, 6) is 0.878. The third kappa shape index (κ3) is 2.37. The Hall–Kier alpha value is -1.63. The molecule has 0 aliphatic carbocycles. The molecule has 1 amide bonds. The van der Waals surface area contributed by atoms with Crippen molar-refractivity contribution in [3.63, 3.8) is 0 Å². The number of hydrogen-bond acceptors (Lipinski definition) is 4. The zero-order valence-corrected chi connectivity index (χ0v) is 14.6. The fourth-order valence-corrected chi connectivity index (χ4v) is 3.72. The predicted molar refractivity (Wildman–Crippen MR) is 84.5 cm³/mol. The zero-order chi connectivity index (χ0) is 15.9. The van der Waals surface area contributed by atoms with Gasteiger partial charge in [-0.25, -0.2) is 0 Å². The lowest BCUT2D eigenvalue weighted by Gasteiger charge is -2.25. The number of amides is 1. The van der Waals surface area contributed by atoms with Gasteiger partial charge in [0.2, 0.25) is 0 Å². The van der Waals surface area contributed by atoms with E-state index in [-0.39, 0.29) is 11.9 Å². The number of halogens is 1. The largest absolute Gasteiger partial charge is 0.361 e. The fourth-order valence-electron chi connectivity index (χ4n) is 3.20. The molecule has 0 bridgehead atoms. The number of carbonyl (C=O) groups is 1. The van der Waals surface area contributed by atoms with Gasteiger partial charge in [0, 0.05) is 25.6 Å². The minimum Gasteiger partial charge on any atom is -0.361 e. The summed E-state index contributed by atoms with van der Waals surface area (Å²) in [5.41, 5.74) is 2.54. The van der Waals surface area contributed by atoms with E-state index < -0.39 is 0 Å². The molecular formula is C15H19BrN4O2. The van der Waals surface area contributed by atoms with E-state index in [0.717, 1.165) is 47.3 Å². The number of carbonyl (C=O) groups excluding carboxylic acids is 1. The van der Waals surface area contributed by atoms with Crippen LogP contribution < -0.4 is 0 Å². The SMILES string of the molecule is CCc1onc(C)c1[C@@H]1CCCN1C(=O)c1c(Br)cnn1C. The van der Waals surface area contributed by atoms with Crippen LogP contribution in [0.5, 0.6) is 0 Å². The van der Waals surface area contributed by atoms with E-state index in [1.54, 1.807) is 17.9 Å². The first-order valence-electron chi connectivity index (χ1n) is 7.48. The molecule has 1 atom stereocenters. The smallest absolute Gasteiger partial charge is 0.273 e. The van der Waals surface area contributed by atoms with Crippen molar-refractivity contribution < 1.29 is 9.32 Å². The van der Waals surface area contributed by atoms with Crippen LogP contribution in [0.3, 0.4) is 0 Å². The zero-order valence-electron chi connectivity index (χ0n) is 13.0. The average Bonchev–Trinajstić information content (AvgIpc) is 3.17. The van der Waals surface area contributed by atoms with Crippen LogP contribution in [0.15, 0.2) is 15.2 Å². The highest BCUT2D eigenvalue weighted by atomic mass is 79.9. The van der Waals surface area contributed by atoms with Crippen LogP contribution in [-0.4, -0.2) is 32.3 Å². The van der Waals surface area contributed by atoms with Crippen molar-refractivity contribution in [1.29, 1.82) is 0 Å². The summed E-state index contributed by atoms with van der Waals surface area (Å²) in [6.07, 6.45) is 4.36. The molecule has 22 heavy (non-hydrogen) atoms. The molecule has 2 aromatic heterocycles. The first kappa shape index (κ1) is 15.3. The van der Waals surface area contributed by atoms with E-state index in [9.17, 15) is 4.79 Å². The van der Waals surface area contributed by atoms with E-state index in [0.29, 0.717) is 5.69 Å². The van der Waals surface area contributed by atoms with Gasteiger partial charge in [-0.15, -0.1) is 0 Å². The molecule has 6 nitrogen and oxygen atoms in total. The minimum absolute atomic E-state index is 0.00275. The number of aromatic nitrogens is 3. The monoisotopic (exact) mass is 366 g/mol. The summed E-state index contributed by atoms with van der Waals surface area (Å²) in [5, 5.41) is 8.22. The highest BCUT2D eigenvalue weighted by Gasteiger charge is 2.36. The molecule has 1 aliphatic rings. The Morgan fingerprint density at radius 2 is 2.32 bits per heavy atom. The maximum atomic E-state index is 13.0. The lowest BCUT2D eigenvalue weighted by atomic mass is 10.0. The Morgan fingerprint density at radius 1 is 1.55 bits per heavy atom. The second-order valence-corrected chi connectivity index (χ2v) is 6.43. The van der Waals surface area contributed by atoms with E-state index in [1.165, 1.54) is 0 Å². The third-order valence-corrected chi connectivity index (χ3v) is 4.83. The predicted octanol–water partition coefficient (Wildman–Crippen LogP) is 3.02. The quantitative estimate of drug-likeness (QED) is 0.837. The molecule has 1 aliphatic heterocycles. The van der Waals surface area contributed by atoms with Crippen molar-refractivity contribution in [2.75, 3.05) is 6.54 Å². The van der Waals surface area contributed by atoms with Crippen LogP contribution in [0.1, 0.15) is 53.3 Å². The van der Waals surface area contributed by atoms with Gasteiger partial charge in [0.05, 0.1) is 22.4 Å². The second kappa shape index (κ2) is 5.87. The minimum atomic E-state index is -0.00275. The van der Waals surface area contributed by atoms with E-state index in [4.69, 9.17) is 4.52 Å². The van der Waals surface area contributed by atoms with Gasteiger partial charge in [-0.1, -0.05) is 12.1 Å². The van der Waals surface area contributed by atoms with Gasteiger partial charge in [0.1, 0.15) is 11.5 Å². The number of hydrogen-bond donors (Lipinski definition) is 0. The molecule has 0 spiro atoms. The standard InChI is InChI=1S/C15H19BrN4O2/c1-4-12-13(9(2)18-22-12)11-6-5-7-20(11)15(21)14-10(16)8-17-19(14)3/h8,11H,4-7H2,1-3H3/t11-/m0/s1. The molecular weight excluding hydrogens is 348 g/mol. The van der Waals surface area contributed by atoms with E-state index in [1.807, 2.05) is 18.7 Å². The summed E-state index contributed by atoms with van der Waals surface area (Å²) in [6.45, 7) is 4.73. The number of nitrogens with zero attached hydrogens (tertiary/aromatic N) is 4. The van der Waals surface area contributed by atoms with Crippen molar-refractivity contribution in [2.24, 2.45) is 7.05 Å². The summed E-state index contributed by atoms with van der Waals surface area (Å²) >= 11 is 3.41.